The minimum absolute atomic E-state index is 0.143. The van der Waals surface area contributed by atoms with Crippen LogP contribution in [0.3, 0.4) is 0 Å². The molecule has 33 heavy (non-hydrogen) atoms. The van der Waals surface area contributed by atoms with Crippen molar-refractivity contribution in [3.8, 4) is 0 Å². The van der Waals surface area contributed by atoms with E-state index in [9.17, 15) is 18.0 Å². The third-order valence-corrected chi connectivity index (χ3v) is 5.46. The first-order valence-corrected chi connectivity index (χ1v) is 10.3. The van der Waals surface area contributed by atoms with E-state index in [0.29, 0.717) is 29.3 Å². The normalized spacial score (nSPS) is 11.5. The maximum atomic E-state index is 13.5. The molecule has 0 spiro atoms. The Morgan fingerprint density at radius 2 is 1.70 bits per heavy atom. The summed E-state index contributed by atoms with van der Waals surface area (Å²) in [5, 5.41) is 11.9. The molecular formula is C23H23F3N6O. The van der Waals surface area contributed by atoms with E-state index in [1.807, 2.05) is 6.92 Å². The fourth-order valence-electron chi connectivity index (χ4n) is 3.91. The van der Waals surface area contributed by atoms with Crippen LogP contribution in [0.5, 0.6) is 0 Å². The van der Waals surface area contributed by atoms with Gasteiger partial charge in [-0.1, -0.05) is 12.1 Å². The van der Waals surface area contributed by atoms with Crippen molar-refractivity contribution >= 4 is 22.6 Å². The van der Waals surface area contributed by atoms with E-state index < -0.39 is 6.43 Å². The molecule has 0 saturated heterocycles. The average molecular weight is 456 g/mol. The smallest absolute Gasteiger partial charge is 0.264 e. The van der Waals surface area contributed by atoms with E-state index in [1.54, 1.807) is 37.6 Å². The first kappa shape index (κ1) is 22.5. The first-order chi connectivity index (χ1) is 15.6. The maximum Gasteiger partial charge on any atom is 0.264 e. The van der Waals surface area contributed by atoms with Crippen LogP contribution in [0.1, 0.15) is 40.3 Å². The lowest BCUT2D eigenvalue weighted by Gasteiger charge is -2.09. The summed E-state index contributed by atoms with van der Waals surface area (Å²) in [6, 6.07) is 7.47. The molecule has 0 saturated carbocycles. The van der Waals surface area contributed by atoms with Crippen LogP contribution < -0.4 is 5.32 Å². The second-order valence-electron chi connectivity index (χ2n) is 7.97. The molecule has 0 bridgehead atoms. The number of aryl methyl sites for hydroxylation is 3. The van der Waals surface area contributed by atoms with E-state index in [2.05, 4.69) is 20.5 Å². The molecule has 3 aromatic heterocycles. The number of rotatable bonds is 6. The Morgan fingerprint density at radius 3 is 2.36 bits per heavy atom. The molecule has 7 nitrogen and oxygen atoms in total. The van der Waals surface area contributed by atoms with E-state index >= 15 is 0 Å². The van der Waals surface area contributed by atoms with Gasteiger partial charge in [0.1, 0.15) is 12.4 Å². The minimum Gasteiger partial charge on any atom is -0.321 e. The Bertz CT molecular complexity index is 1340. The van der Waals surface area contributed by atoms with Crippen LogP contribution in [0.4, 0.5) is 18.9 Å². The van der Waals surface area contributed by atoms with Gasteiger partial charge in [-0.15, -0.1) is 0 Å². The largest absolute Gasteiger partial charge is 0.321 e. The van der Waals surface area contributed by atoms with Crippen LogP contribution in [0.15, 0.2) is 30.3 Å². The predicted molar refractivity (Wildman–Crippen MR) is 118 cm³/mol. The molecule has 0 radical (unpaired) electrons. The molecule has 0 aliphatic rings. The highest BCUT2D eigenvalue weighted by Crippen LogP contribution is 2.30. The van der Waals surface area contributed by atoms with Crippen LogP contribution in [-0.4, -0.2) is 30.5 Å². The van der Waals surface area contributed by atoms with Crippen molar-refractivity contribution in [2.75, 3.05) is 5.32 Å². The quantitative estimate of drug-likeness (QED) is 0.459. The molecule has 0 aliphatic heterocycles. The van der Waals surface area contributed by atoms with Gasteiger partial charge in [0, 0.05) is 11.3 Å². The zero-order chi connectivity index (χ0) is 23.9. The molecule has 1 N–H and O–H groups in total. The number of carbonyl (C=O) groups excluding carboxylic acids is 1. The molecule has 4 aromatic rings. The number of nitrogens with zero attached hydrogens (tertiary/aromatic N) is 5. The molecular weight excluding hydrogens is 433 g/mol. The zero-order valence-corrected chi connectivity index (χ0v) is 18.7. The summed E-state index contributed by atoms with van der Waals surface area (Å²) in [6.07, 6.45) is -2.67. The van der Waals surface area contributed by atoms with Gasteiger partial charge in [-0.25, -0.2) is 22.8 Å². The zero-order valence-electron chi connectivity index (χ0n) is 18.7. The van der Waals surface area contributed by atoms with Crippen molar-refractivity contribution in [2.24, 2.45) is 0 Å². The number of benzene rings is 1. The Kier molecular flexibility index (Phi) is 5.92. The third kappa shape index (κ3) is 4.46. The molecule has 172 valence electrons. The van der Waals surface area contributed by atoms with Gasteiger partial charge >= 0.3 is 0 Å². The summed E-state index contributed by atoms with van der Waals surface area (Å²) in [5.41, 5.74) is 3.71. The highest BCUT2D eigenvalue weighted by molar-refractivity contribution is 5.93. The van der Waals surface area contributed by atoms with Gasteiger partial charge in [-0.2, -0.15) is 10.2 Å². The molecule has 1 aromatic carbocycles. The summed E-state index contributed by atoms with van der Waals surface area (Å²) < 4.78 is 43.2. The van der Waals surface area contributed by atoms with Gasteiger partial charge in [0.2, 0.25) is 5.91 Å². The van der Waals surface area contributed by atoms with Gasteiger partial charge < -0.3 is 5.32 Å². The summed E-state index contributed by atoms with van der Waals surface area (Å²) in [5.74, 6) is -0.694. The van der Waals surface area contributed by atoms with E-state index in [1.165, 1.54) is 22.9 Å². The molecule has 1 amide bonds. The van der Waals surface area contributed by atoms with Crippen molar-refractivity contribution < 1.29 is 18.0 Å². The van der Waals surface area contributed by atoms with Gasteiger partial charge in [-0.3, -0.25) is 9.48 Å². The van der Waals surface area contributed by atoms with Gasteiger partial charge in [0.05, 0.1) is 34.7 Å². The first-order valence-electron chi connectivity index (χ1n) is 10.3. The number of anilines is 1. The molecule has 0 aliphatic carbocycles. The average Bonchev–Trinajstić information content (AvgIpc) is 3.19. The van der Waals surface area contributed by atoms with Crippen LogP contribution in [-0.2, 0) is 17.9 Å². The highest BCUT2D eigenvalue weighted by Gasteiger charge is 2.21. The van der Waals surface area contributed by atoms with E-state index in [4.69, 9.17) is 0 Å². The van der Waals surface area contributed by atoms with Crippen molar-refractivity contribution in [3.63, 3.8) is 0 Å². The van der Waals surface area contributed by atoms with Gasteiger partial charge in [0.25, 0.3) is 6.43 Å². The number of halogens is 3. The number of nitrogens with one attached hydrogen (secondary N) is 1. The van der Waals surface area contributed by atoms with Crippen LogP contribution >= 0.6 is 0 Å². The molecule has 10 heteroatoms. The molecule has 4 rings (SSSR count). The molecule has 0 fully saturated rings. The van der Waals surface area contributed by atoms with Crippen molar-refractivity contribution in [1.82, 2.24) is 24.5 Å². The topological polar surface area (TPSA) is 77.6 Å². The summed E-state index contributed by atoms with van der Waals surface area (Å²) in [7, 11) is 0. The number of carbonyl (C=O) groups is 1. The van der Waals surface area contributed by atoms with Crippen LogP contribution in [0, 0.1) is 33.5 Å². The van der Waals surface area contributed by atoms with Crippen LogP contribution in [0.25, 0.3) is 11.0 Å². The fraction of sp³-hybridized carbons (Fsp3) is 0.304. The highest BCUT2D eigenvalue weighted by atomic mass is 19.3. The number of hydrogen-bond acceptors (Lipinski definition) is 4. The standard InChI is InChI=1S/C23H23F3N6O/c1-12-9-18(22(25)26)20-13(2)29-32(23(20)27-12)11-19(33)28-21-14(3)30-31(15(21)4)10-16-5-7-17(24)8-6-16/h5-9,22H,10-11H2,1-4H3,(H,28,33). The van der Waals surface area contributed by atoms with Gasteiger partial charge in [-0.05, 0) is 51.5 Å². The maximum absolute atomic E-state index is 13.5. The number of aromatic nitrogens is 5. The SMILES string of the molecule is Cc1cc(C(F)F)c2c(C)nn(CC(=O)Nc3c(C)nn(Cc4ccc(F)cc4)c3C)c2n1. The number of hydrogen-bond donors (Lipinski definition) is 1. The van der Waals surface area contributed by atoms with Crippen molar-refractivity contribution in [2.45, 2.75) is 47.2 Å². The minimum atomic E-state index is -2.67. The Hall–Kier alpha value is -3.69. The number of fused-ring (bicyclic) bond motifs is 1. The van der Waals surface area contributed by atoms with E-state index in [-0.39, 0.29) is 34.9 Å². The number of pyridine rings is 1. The third-order valence-electron chi connectivity index (χ3n) is 5.46. The second-order valence-corrected chi connectivity index (χ2v) is 7.97. The van der Waals surface area contributed by atoms with E-state index in [0.717, 1.165) is 11.3 Å². The Balaban J connectivity index is 1.57. The predicted octanol–water partition coefficient (Wildman–Crippen LogP) is 4.63. The lowest BCUT2D eigenvalue weighted by atomic mass is 10.1. The van der Waals surface area contributed by atoms with Gasteiger partial charge in [0.15, 0.2) is 5.65 Å². The van der Waals surface area contributed by atoms with Crippen LogP contribution in [0.2, 0.25) is 0 Å². The second kappa shape index (κ2) is 8.68. The summed E-state index contributed by atoms with van der Waals surface area (Å²) in [4.78, 5) is 17.2. The summed E-state index contributed by atoms with van der Waals surface area (Å²) >= 11 is 0. The molecule has 3 heterocycles. The number of amides is 1. The molecule has 0 unspecified atom stereocenters. The van der Waals surface area contributed by atoms with Crippen molar-refractivity contribution in [3.05, 3.63) is 70.1 Å². The monoisotopic (exact) mass is 456 g/mol. The number of alkyl halides is 2. The lowest BCUT2D eigenvalue weighted by Crippen LogP contribution is -2.20. The van der Waals surface area contributed by atoms with Crippen molar-refractivity contribution in [1.29, 1.82) is 0 Å². The fourth-order valence-corrected chi connectivity index (χ4v) is 3.91. The molecule has 0 atom stereocenters. The summed E-state index contributed by atoms with van der Waals surface area (Å²) in [6.45, 7) is 7.08. The Labute approximate surface area is 188 Å². The Morgan fingerprint density at radius 1 is 1.03 bits per heavy atom. The lowest BCUT2D eigenvalue weighted by molar-refractivity contribution is -0.116.